The van der Waals surface area contributed by atoms with E-state index in [2.05, 4.69) is 42.7 Å². The Labute approximate surface area is 217 Å². The second-order valence-electron chi connectivity index (χ2n) is 10.1. The van der Waals surface area contributed by atoms with Gasteiger partial charge in [0.15, 0.2) is 0 Å². The second kappa shape index (κ2) is 9.30. The normalized spacial score (nSPS) is 23.3. The van der Waals surface area contributed by atoms with Crippen LogP contribution in [-0.4, -0.2) is 69.7 Å². The van der Waals surface area contributed by atoms with Crippen LogP contribution in [0, 0.1) is 11.3 Å². The van der Waals surface area contributed by atoms with Gasteiger partial charge in [0.1, 0.15) is 0 Å². The van der Waals surface area contributed by atoms with Gasteiger partial charge in [-0.05, 0) is 0 Å². The number of piperazine rings is 1. The molecule has 9 nitrogen and oxygen atoms in total. The zero-order chi connectivity index (χ0) is 25.0. The molecule has 1 aromatic carbocycles. The molecule has 3 unspecified atom stereocenters. The van der Waals surface area contributed by atoms with Gasteiger partial charge in [-0.3, -0.25) is 0 Å². The van der Waals surface area contributed by atoms with E-state index in [0.717, 1.165) is 66.1 Å². The average Bonchev–Trinajstić information content (AvgIpc) is 3.25. The van der Waals surface area contributed by atoms with Crippen molar-refractivity contribution in [2.24, 2.45) is 0 Å². The van der Waals surface area contributed by atoms with Crippen molar-refractivity contribution in [2.45, 2.75) is 74.5 Å². The number of nitrogens with zero attached hydrogens (tertiary/aromatic N) is 6. The molecule has 3 heterocycles. The van der Waals surface area contributed by atoms with Crippen molar-refractivity contribution in [3.05, 3.63) is 22.5 Å². The number of imidazole rings is 1. The van der Waals surface area contributed by atoms with E-state index in [-0.39, 0.29) is 14.5 Å². The molecule has 36 heavy (non-hydrogen) atoms. The maximum absolute atomic E-state index is 14.1. The molecule has 0 radical (unpaired) electrons. The molecule has 2 saturated carbocycles. The number of aromatic nitrogens is 4. The van der Waals surface area contributed by atoms with Crippen LogP contribution >= 0.6 is 0 Å². The van der Waals surface area contributed by atoms with Gasteiger partial charge < -0.3 is 0 Å². The van der Waals surface area contributed by atoms with Crippen LogP contribution in [0.3, 0.4) is 0 Å². The zero-order valence-electron chi connectivity index (χ0n) is 20.3. The molecule has 190 valence electrons. The molecule has 3 aliphatic rings. The Morgan fingerprint density at radius 2 is 2.17 bits per heavy atom. The van der Waals surface area contributed by atoms with Crippen LogP contribution < -0.4 is 14.9 Å². The van der Waals surface area contributed by atoms with Crippen LogP contribution in [0.2, 0.25) is 0 Å². The van der Waals surface area contributed by atoms with Crippen molar-refractivity contribution in [1.82, 2.24) is 29.8 Å². The number of nitriles is 1. The third kappa shape index (κ3) is 4.31. The van der Waals surface area contributed by atoms with Crippen molar-refractivity contribution in [2.75, 3.05) is 24.5 Å². The van der Waals surface area contributed by atoms with Crippen LogP contribution in [0.25, 0.3) is 15.7 Å². The van der Waals surface area contributed by atoms with Gasteiger partial charge in [-0.25, -0.2) is 0 Å². The SMILES string of the molecule is CC1CN(c2cc(S(=O)NC3(C#N)CC3)cc3c2nc(C2CCC2)n3-c2nnc(C(C)F)[se]2)CCN1. The van der Waals surface area contributed by atoms with Gasteiger partial charge >= 0.3 is 218 Å². The van der Waals surface area contributed by atoms with E-state index < -0.39 is 22.7 Å². The Kier molecular flexibility index (Phi) is 6.25. The van der Waals surface area contributed by atoms with Crippen molar-refractivity contribution < 1.29 is 8.60 Å². The number of hydrogen-bond acceptors (Lipinski definition) is 7. The Hall–Kier alpha value is -2.16. The minimum atomic E-state index is -1.56. The molecule has 0 amide bonds. The van der Waals surface area contributed by atoms with E-state index in [1.54, 1.807) is 0 Å². The van der Waals surface area contributed by atoms with Crippen LogP contribution in [0.15, 0.2) is 17.0 Å². The predicted octanol–water partition coefficient (Wildman–Crippen LogP) is 2.64. The standard InChI is InChI=1S/C24H29FN8OSSe/c1-14-12-32(9-8-27-14)18-10-17(35(34)31-24(13-26)6-7-24)11-19-20(18)28-21(16-4-3-5-16)33(19)23-30-29-22(36-23)15(2)25/h10-11,14-16,27,31H,3-9,12H2,1-2H3. The number of halogens is 1. The number of alkyl halides is 1. The van der Waals surface area contributed by atoms with Gasteiger partial charge in [0.25, 0.3) is 0 Å². The Bertz CT molecular complexity index is 1370. The van der Waals surface area contributed by atoms with E-state index in [4.69, 9.17) is 4.98 Å². The molecule has 0 spiro atoms. The molecule has 1 saturated heterocycles. The summed E-state index contributed by atoms with van der Waals surface area (Å²) < 4.78 is 33.9. The summed E-state index contributed by atoms with van der Waals surface area (Å²) in [6.07, 6.45) is 3.53. The number of hydrogen-bond donors (Lipinski definition) is 2. The molecule has 12 heteroatoms. The zero-order valence-corrected chi connectivity index (χ0v) is 22.9. The second-order valence-corrected chi connectivity index (χ2v) is 13.4. The molecule has 6 rings (SSSR count). The van der Waals surface area contributed by atoms with E-state index >= 15 is 0 Å². The summed E-state index contributed by atoms with van der Waals surface area (Å²) >= 11 is -0.351. The Morgan fingerprint density at radius 3 is 2.78 bits per heavy atom. The number of nitrogens with one attached hydrogen (secondary N) is 2. The predicted molar refractivity (Wildman–Crippen MR) is 137 cm³/mol. The van der Waals surface area contributed by atoms with Crippen LogP contribution in [0.4, 0.5) is 10.1 Å². The minimum absolute atomic E-state index is 0.312. The summed E-state index contributed by atoms with van der Waals surface area (Å²) in [4.78, 5) is 8.08. The van der Waals surface area contributed by atoms with Gasteiger partial charge in [0.2, 0.25) is 0 Å². The van der Waals surface area contributed by atoms with Crippen molar-refractivity contribution in [1.29, 1.82) is 5.26 Å². The fourth-order valence-electron chi connectivity index (χ4n) is 4.87. The molecule has 3 fully saturated rings. The van der Waals surface area contributed by atoms with Crippen LogP contribution in [0.5, 0.6) is 0 Å². The maximum atomic E-state index is 14.1. The molecule has 3 atom stereocenters. The Balaban J connectivity index is 1.54. The Morgan fingerprint density at radius 1 is 1.36 bits per heavy atom. The first kappa shape index (κ1) is 24.2. The first-order chi connectivity index (χ1) is 17.4. The first-order valence-electron chi connectivity index (χ1n) is 12.5. The fourth-order valence-corrected chi connectivity index (χ4v) is 7.70. The topological polar surface area (TPSA) is 112 Å². The monoisotopic (exact) mass is 576 g/mol. The first-order valence-corrected chi connectivity index (χ1v) is 15.4. The summed E-state index contributed by atoms with van der Waals surface area (Å²) in [5, 5.41) is 21.6. The van der Waals surface area contributed by atoms with Gasteiger partial charge in [0, 0.05) is 0 Å². The fraction of sp³-hybridized carbons (Fsp3) is 0.583. The van der Waals surface area contributed by atoms with Crippen molar-refractivity contribution in [3.63, 3.8) is 0 Å². The van der Waals surface area contributed by atoms with Crippen LogP contribution in [-0.2, 0) is 11.0 Å². The molecule has 0 bridgehead atoms. The molecule has 3 aromatic rings. The van der Waals surface area contributed by atoms with Crippen molar-refractivity contribution in [3.8, 4) is 10.8 Å². The molecule has 2 N–H and O–H groups in total. The van der Waals surface area contributed by atoms with E-state index in [9.17, 15) is 13.9 Å². The molecule has 2 aromatic heterocycles. The van der Waals surface area contributed by atoms with Gasteiger partial charge in [0.05, 0.1) is 0 Å². The van der Waals surface area contributed by atoms with Gasteiger partial charge in [-0.2, -0.15) is 0 Å². The third-order valence-corrected chi connectivity index (χ3v) is 10.8. The van der Waals surface area contributed by atoms with Crippen molar-refractivity contribution >= 4 is 42.2 Å². The molecule has 2 aliphatic carbocycles. The summed E-state index contributed by atoms with van der Waals surface area (Å²) in [7, 11) is -1.56. The average molecular weight is 576 g/mol. The molecule has 1 aliphatic heterocycles. The van der Waals surface area contributed by atoms with E-state index in [0.29, 0.717) is 34.3 Å². The number of benzene rings is 1. The van der Waals surface area contributed by atoms with Crippen LogP contribution in [0.1, 0.15) is 68.4 Å². The number of anilines is 1. The molecular weight excluding hydrogens is 546 g/mol. The number of rotatable bonds is 7. The van der Waals surface area contributed by atoms with E-state index in [1.165, 1.54) is 6.92 Å². The molecular formula is C24H29FN8OSSe. The van der Waals surface area contributed by atoms with Gasteiger partial charge in [-0.1, -0.05) is 0 Å². The van der Waals surface area contributed by atoms with Gasteiger partial charge in [-0.15, -0.1) is 0 Å². The third-order valence-electron chi connectivity index (χ3n) is 7.35. The summed E-state index contributed by atoms with van der Waals surface area (Å²) in [6.45, 7) is 6.13. The summed E-state index contributed by atoms with van der Waals surface area (Å²) in [5.74, 6) is 1.26. The summed E-state index contributed by atoms with van der Waals surface area (Å²) in [5.41, 5.74) is 1.92. The summed E-state index contributed by atoms with van der Waals surface area (Å²) in [6, 6.07) is 6.46. The quantitative estimate of drug-likeness (QED) is 0.417. The van der Waals surface area contributed by atoms with E-state index in [1.807, 2.05) is 12.1 Å². The number of fused-ring (bicyclic) bond motifs is 1.